The molecule has 0 aromatic heterocycles. The Kier molecular flexibility index (Phi) is 3.30. The molecule has 0 saturated carbocycles. The van der Waals surface area contributed by atoms with Crippen molar-refractivity contribution in [3.8, 4) is 11.5 Å². The summed E-state index contributed by atoms with van der Waals surface area (Å²) >= 11 is 0. The lowest BCUT2D eigenvalue weighted by atomic mass is 9.97. The molecule has 4 heteroatoms. The second-order valence-electron chi connectivity index (χ2n) is 5.48. The summed E-state index contributed by atoms with van der Waals surface area (Å²) in [4.78, 5) is 12.4. The van der Waals surface area contributed by atoms with Crippen molar-refractivity contribution in [2.75, 3.05) is 13.4 Å². The van der Waals surface area contributed by atoms with E-state index >= 15 is 0 Å². The van der Waals surface area contributed by atoms with Crippen LogP contribution in [0.1, 0.15) is 23.6 Å². The van der Waals surface area contributed by atoms with Gasteiger partial charge in [0.1, 0.15) is 0 Å². The SMILES string of the molecule is CCOC(=O)C1=C(c2ccccc2)c2cc3c(cc2C1)OCO3. The molecule has 1 aliphatic carbocycles. The fourth-order valence-corrected chi connectivity index (χ4v) is 3.13. The summed E-state index contributed by atoms with van der Waals surface area (Å²) in [6.07, 6.45) is 0.551. The average molecular weight is 308 g/mol. The van der Waals surface area contributed by atoms with Gasteiger partial charge in [-0.05, 0) is 35.7 Å². The number of ether oxygens (including phenoxy) is 3. The molecule has 0 bridgehead atoms. The lowest BCUT2D eigenvalue weighted by Crippen LogP contribution is -2.09. The van der Waals surface area contributed by atoms with E-state index in [1.165, 1.54) is 0 Å². The fraction of sp³-hybridized carbons (Fsp3) is 0.211. The number of rotatable bonds is 3. The maximum absolute atomic E-state index is 12.4. The number of fused-ring (bicyclic) bond motifs is 2. The Morgan fingerprint density at radius 2 is 1.87 bits per heavy atom. The summed E-state index contributed by atoms with van der Waals surface area (Å²) in [6.45, 7) is 2.43. The predicted octanol–water partition coefficient (Wildman–Crippen LogP) is 3.34. The summed E-state index contributed by atoms with van der Waals surface area (Å²) in [6, 6.07) is 13.8. The van der Waals surface area contributed by atoms with Crippen LogP contribution in [-0.4, -0.2) is 19.4 Å². The molecule has 0 N–H and O–H groups in total. The monoisotopic (exact) mass is 308 g/mol. The third-order valence-electron chi connectivity index (χ3n) is 4.12. The van der Waals surface area contributed by atoms with Crippen molar-refractivity contribution >= 4 is 11.5 Å². The maximum Gasteiger partial charge on any atom is 0.334 e. The lowest BCUT2D eigenvalue weighted by molar-refractivity contribution is -0.138. The van der Waals surface area contributed by atoms with Gasteiger partial charge in [-0.3, -0.25) is 0 Å². The zero-order chi connectivity index (χ0) is 15.8. The molecular formula is C19H16O4. The van der Waals surface area contributed by atoms with E-state index in [9.17, 15) is 4.79 Å². The third-order valence-corrected chi connectivity index (χ3v) is 4.12. The first-order valence-electron chi connectivity index (χ1n) is 7.66. The minimum Gasteiger partial charge on any atom is -0.463 e. The Balaban J connectivity index is 1.88. The van der Waals surface area contributed by atoms with Crippen LogP contribution in [0.4, 0.5) is 0 Å². The smallest absolute Gasteiger partial charge is 0.334 e. The lowest BCUT2D eigenvalue weighted by Gasteiger charge is -2.09. The third kappa shape index (κ3) is 2.27. The van der Waals surface area contributed by atoms with Crippen LogP contribution in [0, 0.1) is 0 Å². The second-order valence-corrected chi connectivity index (χ2v) is 5.48. The van der Waals surface area contributed by atoms with E-state index in [-0.39, 0.29) is 12.8 Å². The first-order valence-corrected chi connectivity index (χ1v) is 7.66. The van der Waals surface area contributed by atoms with Gasteiger partial charge in [-0.15, -0.1) is 0 Å². The Hall–Kier alpha value is -2.75. The molecular weight excluding hydrogens is 292 g/mol. The van der Waals surface area contributed by atoms with Crippen LogP contribution >= 0.6 is 0 Å². The van der Waals surface area contributed by atoms with Crippen LogP contribution in [0.25, 0.3) is 5.57 Å². The summed E-state index contributed by atoms with van der Waals surface area (Å²) < 4.78 is 16.2. The molecule has 0 atom stereocenters. The highest BCUT2D eigenvalue weighted by Gasteiger charge is 2.30. The van der Waals surface area contributed by atoms with E-state index in [2.05, 4.69) is 0 Å². The molecule has 4 nitrogen and oxygen atoms in total. The van der Waals surface area contributed by atoms with Crippen molar-refractivity contribution in [2.45, 2.75) is 13.3 Å². The molecule has 1 aliphatic heterocycles. The van der Waals surface area contributed by atoms with Crippen LogP contribution in [-0.2, 0) is 16.0 Å². The van der Waals surface area contributed by atoms with E-state index in [1.54, 1.807) is 0 Å². The highest BCUT2D eigenvalue weighted by atomic mass is 16.7. The maximum atomic E-state index is 12.4. The highest BCUT2D eigenvalue weighted by Crippen LogP contribution is 2.44. The standard InChI is InChI=1S/C19H16O4/c1-2-21-19(20)15-8-13-9-16-17(23-11-22-16)10-14(13)18(15)12-6-4-3-5-7-12/h3-7,9-10H,2,8,11H2,1H3. The van der Waals surface area contributed by atoms with Crippen molar-refractivity contribution in [3.63, 3.8) is 0 Å². The zero-order valence-electron chi connectivity index (χ0n) is 12.8. The molecule has 0 unspecified atom stereocenters. The molecule has 2 aliphatic rings. The number of carbonyl (C=O) groups is 1. The van der Waals surface area contributed by atoms with Gasteiger partial charge in [0.25, 0.3) is 0 Å². The molecule has 1 heterocycles. The number of hydrogen-bond donors (Lipinski definition) is 0. The van der Waals surface area contributed by atoms with Gasteiger partial charge in [-0.1, -0.05) is 30.3 Å². The average Bonchev–Trinajstić information content (AvgIpc) is 3.17. The van der Waals surface area contributed by atoms with E-state index in [1.807, 2.05) is 49.4 Å². The van der Waals surface area contributed by atoms with Crippen molar-refractivity contribution in [1.82, 2.24) is 0 Å². The zero-order valence-corrected chi connectivity index (χ0v) is 12.8. The van der Waals surface area contributed by atoms with Crippen LogP contribution in [0.15, 0.2) is 48.0 Å². The summed E-state index contributed by atoms with van der Waals surface area (Å²) in [5.41, 5.74) is 4.71. The molecule has 4 rings (SSSR count). The van der Waals surface area contributed by atoms with Crippen molar-refractivity contribution in [2.24, 2.45) is 0 Å². The van der Waals surface area contributed by atoms with E-state index < -0.39 is 0 Å². The first kappa shape index (κ1) is 13.9. The summed E-state index contributed by atoms with van der Waals surface area (Å²) in [7, 11) is 0. The van der Waals surface area contributed by atoms with Gasteiger partial charge in [0.2, 0.25) is 6.79 Å². The van der Waals surface area contributed by atoms with Gasteiger partial charge >= 0.3 is 5.97 Å². The van der Waals surface area contributed by atoms with Crippen LogP contribution in [0.2, 0.25) is 0 Å². The number of benzene rings is 2. The van der Waals surface area contributed by atoms with E-state index in [4.69, 9.17) is 14.2 Å². The van der Waals surface area contributed by atoms with Crippen LogP contribution in [0.5, 0.6) is 11.5 Å². The fourth-order valence-electron chi connectivity index (χ4n) is 3.13. The first-order chi connectivity index (χ1) is 11.3. The van der Waals surface area contributed by atoms with Crippen molar-refractivity contribution in [1.29, 1.82) is 0 Å². The van der Waals surface area contributed by atoms with Gasteiger partial charge < -0.3 is 14.2 Å². The summed E-state index contributed by atoms with van der Waals surface area (Å²) in [5, 5.41) is 0. The quantitative estimate of drug-likeness (QED) is 0.816. The number of esters is 1. The Morgan fingerprint density at radius 1 is 1.13 bits per heavy atom. The Morgan fingerprint density at radius 3 is 2.61 bits per heavy atom. The molecule has 0 radical (unpaired) electrons. The highest BCUT2D eigenvalue weighted by molar-refractivity contribution is 6.05. The van der Waals surface area contributed by atoms with E-state index in [0.717, 1.165) is 33.8 Å². The molecule has 2 aromatic rings. The molecule has 0 amide bonds. The van der Waals surface area contributed by atoms with Crippen LogP contribution in [0.3, 0.4) is 0 Å². The van der Waals surface area contributed by atoms with Crippen LogP contribution < -0.4 is 9.47 Å². The van der Waals surface area contributed by atoms with Crippen molar-refractivity contribution < 1.29 is 19.0 Å². The van der Waals surface area contributed by atoms with Gasteiger partial charge in [0.05, 0.1) is 6.61 Å². The Bertz CT molecular complexity index is 806. The second kappa shape index (κ2) is 5.47. The van der Waals surface area contributed by atoms with Gasteiger partial charge in [-0.25, -0.2) is 4.79 Å². The van der Waals surface area contributed by atoms with E-state index in [0.29, 0.717) is 18.6 Å². The number of carbonyl (C=O) groups excluding carboxylic acids is 1. The molecule has 116 valence electrons. The van der Waals surface area contributed by atoms with Gasteiger partial charge in [0.15, 0.2) is 11.5 Å². The molecule has 0 fully saturated rings. The molecule has 23 heavy (non-hydrogen) atoms. The Labute approximate surface area is 134 Å². The molecule has 2 aromatic carbocycles. The van der Waals surface area contributed by atoms with Crippen molar-refractivity contribution in [3.05, 3.63) is 64.7 Å². The normalized spacial score (nSPS) is 14.8. The number of hydrogen-bond acceptors (Lipinski definition) is 4. The molecule has 0 saturated heterocycles. The minimum absolute atomic E-state index is 0.243. The molecule has 0 spiro atoms. The topological polar surface area (TPSA) is 44.8 Å². The van der Waals surface area contributed by atoms with Gasteiger partial charge in [0, 0.05) is 17.6 Å². The predicted molar refractivity (Wildman–Crippen MR) is 85.4 cm³/mol. The summed E-state index contributed by atoms with van der Waals surface area (Å²) in [5.74, 6) is 1.20. The largest absolute Gasteiger partial charge is 0.463 e. The minimum atomic E-state index is -0.260. The van der Waals surface area contributed by atoms with Gasteiger partial charge in [-0.2, -0.15) is 0 Å².